The van der Waals surface area contributed by atoms with Gasteiger partial charge in [0, 0.05) is 5.02 Å². The molecule has 1 N–H and O–H groups in total. The van der Waals surface area contributed by atoms with E-state index in [9.17, 15) is 13.2 Å². The van der Waals surface area contributed by atoms with Crippen molar-refractivity contribution in [2.75, 3.05) is 24.0 Å². The van der Waals surface area contributed by atoms with Crippen molar-refractivity contribution < 1.29 is 22.7 Å². The van der Waals surface area contributed by atoms with Gasteiger partial charge in [-0.05, 0) is 48.5 Å². The number of rotatable bonds is 7. The normalized spacial score (nSPS) is 15.1. The lowest BCUT2D eigenvalue weighted by Crippen LogP contribution is -2.45. The summed E-state index contributed by atoms with van der Waals surface area (Å²) in [6, 6.07) is 21.5. The number of ether oxygens (including phenoxy) is 2. The van der Waals surface area contributed by atoms with Gasteiger partial charge in [-0.3, -0.25) is 9.10 Å². The monoisotopic (exact) mass is 472 g/mol. The Balaban J connectivity index is 1.47. The first-order chi connectivity index (χ1) is 15.4. The largest absolute Gasteiger partial charge is 0.486 e. The van der Waals surface area contributed by atoms with Crippen molar-refractivity contribution in [3.63, 3.8) is 0 Å². The minimum Gasteiger partial charge on any atom is -0.486 e. The summed E-state index contributed by atoms with van der Waals surface area (Å²) in [6.45, 7) is 0.0521. The summed E-state index contributed by atoms with van der Waals surface area (Å²) in [5.41, 5.74) is 0.333. The maximum Gasteiger partial charge on any atom is 0.264 e. The van der Waals surface area contributed by atoms with Crippen molar-refractivity contribution in [1.29, 1.82) is 0 Å². The van der Waals surface area contributed by atoms with Gasteiger partial charge in [0.2, 0.25) is 5.91 Å². The van der Waals surface area contributed by atoms with Gasteiger partial charge in [0.1, 0.15) is 19.3 Å². The Hall–Kier alpha value is -3.23. The smallest absolute Gasteiger partial charge is 0.264 e. The fourth-order valence-electron chi connectivity index (χ4n) is 3.22. The van der Waals surface area contributed by atoms with Crippen molar-refractivity contribution in [1.82, 2.24) is 5.32 Å². The summed E-state index contributed by atoms with van der Waals surface area (Å²) in [7, 11) is -3.97. The highest BCUT2D eigenvalue weighted by molar-refractivity contribution is 7.92. The molecule has 3 aromatic rings. The van der Waals surface area contributed by atoms with Crippen LogP contribution in [0.15, 0.2) is 83.8 Å². The van der Waals surface area contributed by atoms with Gasteiger partial charge < -0.3 is 14.8 Å². The first-order valence-corrected chi connectivity index (χ1v) is 11.7. The predicted molar refractivity (Wildman–Crippen MR) is 122 cm³/mol. The molecule has 0 bridgehead atoms. The van der Waals surface area contributed by atoms with Gasteiger partial charge in [-0.15, -0.1) is 0 Å². The minimum absolute atomic E-state index is 0.0865. The Labute approximate surface area is 191 Å². The molecule has 9 heteroatoms. The third kappa shape index (κ3) is 4.98. The number of amides is 1. The molecule has 1 heterocycles. The Morgan fingerprint density at radius 3 is 2.34 bits per heavy atom. The number of halogens is 1. The quantitative estimate of drug-likeness (QED) is 0.569. The molecule has 0 saturated heterocycles. The van der Waals surface area contributed by atoms with Crippen molar-refractivity contribution >= 4 is 33.2 Å². The van der Waals surface area contributed by atoms with E-state index >= 15 is 0 Å². The number of carbonyl (C=O) groups excluding carboxylic acids is 1. The molecule has 7 nitrogen and oxygen atoms in total. The lowest BCUT2D eigenvalue weighted by molar-refractivity contribution is -0.120. The Morgan fingerprint density at radius 2 is 1.62 bits per heavy atom. The molecule has 1 atom stereocenters. The summed E-state index contributed by atoms with van der Waals surface area (Å²) in [5.74, 6) is 0.785. The number of nitrogens with one attached hydrogen (secondary N) is 1. The van der Waals surface area contributed by atoms with E-state index in [2.05, 4.69) is 5.32 Å². The molecule has 32 heavy (non-hydrogen) atoms. The van der Waals surface area contributed by atoms with Crippen LogP contribution in [0.1, 0.15) is 0 Å². The Morgan fingerprint density at radius 1 is 0.969 bits per heavy atom. The number of carbonyl (C=O) groups is 1. The third-order valence-corrected chi connectivity index (χ3v) is 6.87. The van der Waals surface area contributed by atoms with Gasteiger partial charge in [-0.1, -0.05) is 41.9 Å². The van der Waals surface area contributed by atoms with Crippen LogP contribution >= 0.6 is 11.6 Å². The van der Waals surface area contributed by atoms with E-state index in [-0.39, 0.29) is 24.2 Å². The summed E-state index contributed by atoms with van der Waals surface area (Å²) in [6.07, 6.45) is -0.386. The topological polar surface area (TPSA) is 84.9 Å². The van der Waals surface area contributed by atoms with Gasteiger partial charge >= 0.3 is 0 Å². The van der Waals surface area contributed by atoms with E-state index in [1.54, 1.807) is 48.5 Å². The van der Waals surface area contributed by atoms with E-state index in [0.29, 0.717) is 22.2 Å². The predicted octanol–water partition coefficient (Wildman–Crippen LogP) is 3.49. The van der Waals surface area contributed by atoms with Gasteiger partial charge in [-0.25, -0.2) is 8.42 Å². The molecule has 0 saturated carbocycles. The molecule has 0 fully saturated rings. The zero-order valence-electron chi connectivity index (χ0n) is 17.0. The van der Waals surface area contributed by atoms with E-state index in [1.807, 2.05) is 18.2 Å². The molecule has 0 aliphatic carbocycles. The number of anilines is 1. The number of sulfonamides is 1. The first-order valence-electron chi connectivity index (χ1n) is 9.92. The van der Waals surface area contributed by atoms with Crippen molar-refractivity contribution in [3.8, 4) is 11.5 Å². The lowest BCUT2D eigenvalue weighted by atomic mass is 10.2. The average Bonchev–Trinajstić information content (AvgIpc) is 2.82. The molecule has 166 valence electrons. The molecule has 3 aromatic carbocycles. The second-order valence-electron chi connectivity index (χ2n) is 7.10. The average molecular weight is 473 g/mol. The number of nitrogens with zero attached hydrogens (tertiary/aromatic N) is 1. The molecule has 1 amide bonds. The summed E-state index contributed by atoms with van der Waals surface area (Å²) >= 11 is 5.95. The molecule has 0 radical (unpaired) electrons. The number of para-hydroxylation sites is 2. The van der Waals surface area contributed by atoms with Crippen LogP contribution < -0.4 is 19.1 Å². The SMILES string of the molecule is O=C(CN(c1ccc(Cl)cc1)S(=O)(=O)c1ccccc1)NC[C@H]1COc2ccccc2O1. The summed E-state index contributed by atoms with van der Waals surface area (Å²) in [4.78, 5) is 12.8. The van der Waals surface area contributed by atoms with Crippen molar-refractivity contribution in [2.45, 2.75) is 11.0 Å². The van der Waals surface area contributed by atoms with Gasteiger partial charge in [0.15, 0.2) is 11.5 Å². The summed E-state index contributed by atoms with van der Waals surface area (Å²) in [5, 5.41) is 3.21. The molecular weight excluding hydrogens is 452 g/mol. The fraction of sp³-hybridized carbons (Fsp3) is 0.174. The number of hydrogen-bond donors (Lipinski definition) is 1. The Kier molecular flexibility index (Phi) is 6.53. The zero-order chi connectivity index (χ0) is 22.6. The number of hydrogen-bond acceptors (Lipinski definition) is 5. The molecule has 1 aliphatic heterocycles. The highest BCUT2D eigenvalue weighted by Gasteiger charge is 2.28. The molecule has 0 aromatic heterocycles. The fourth-order valence-corrected chi connectivity index (χ4v) is 4.79. The van der Waals surface area contributed by atoms with E-state index in [0.717, 1.165) is 4.31 Å². The highest BCUT2D eigenvalue weighted by atomic mass is 35.5. The van der Waals surface area contributed by atoms with E-state index in [4.69, 9.17) is 21.1 Å². The zero-order valence-corrected chi connectivity index (χ0v) is 18.6. The van der Waals surface area contributed by atoms with E-state index < -0.39 is 22.5 Å². The molecule has 0 unspecified atom stereocenters. The van der Waals surface area contributed by atoms with Crippen LogP contribution in [0.3, 0.4) is 0 Å². The first kappa shape index (κ1) is 22.0. The summed E-state index contributed by atoms with van der Waals surface area (Å²) < 4.78 is 39.1. The minimum atomic E-state index is -3.97. The maximum atomic E-state index is 13.3. The molecule has 1 aliphatic rings. The van der Waals surface area contributed by atoms with Crippen LogP contribution in [-0.2, 0) is 14.8 Å². The van der Waals surface area contributed by atoms with E-state index in [1.165, 1.54) is 12.1 Å². The number of fused-ring (bicyclic) bond motifs is 1. The third-order valence-electron chi connectivity index (χ3n) is 4.83. The highest BCUT2D eigenvalue weighted by Crippen LogP contribution is 2.30. The van der Waals surface area contributed by atoms with Crippen LogP contribution in [0, 0.1) is 0 Å². The molecular formula is C23H21ClN2O5S. The van der Waals surface area contributed by atoms with Crippen LogP contribution in [-0.4, -0.2) is 40.1 Å². The Bertz CT molecular complexity index is 1190. The van der Waals surface area contributed by atoms with Gasteiger partial charge in [-0.2, -0.15) is 0 Å². The molecule has 0 spiro atoms. The van der Waals surface area contributed by atoms with Crippen LogP contribution in [0.4, 0.5) is 5.69 Å². The van der Waals surface area contributed by atoms with Crippen LogP contribution in [0.5, 0.6) is 11.5 Å². The van der Waals surface area contributed by atoms with Gasteiger partial charge in [0.25, 0.3) is 10.0 Å². The van der Waals surface area contributed by atoms with Gasteiger partial charge in [0.05, 0.1) is 17.1 Å². The second-order valence-corrected chi connectivity index (χ2v) is 9.40. The van der Waals surface area contributed by atoms with Crippen molar-refractivity contribution in [2.24, 2.45) is 0 Å². The van der Waals surface area contributed by atoms with Crippen LogP contribution in [0.25, 0.3) is 0 Å². The number of benzene rings is 3. The molecule has 4 rings (SSSR count). The van der Waals surface area contributed by atoms with Crippen molar-refractivity contribution in [3.05, 3.63) is 83.9 Å². The van der Waals surface area contributed by atoms with Crippen LogP contribution in [0.2, 0.25) is 5.02 Å². The lowest BCUT2D eigenvalue weighted by Gasteiger charge is -2.27. The maximum absolute atomic E-state index is 13.3. The second kappa shape index (κ2) is 9.50. The standard InChI is InChI=1S/C23H21ClN2O5S/c24-17-10-12-18(13-11-17)26(32(28,29)20-6-2-1-3-7-20)15-23(27)25-14-19-16-30-21-8-4-5-9-22(21)31-19/h1-13,19H,14-16H2,(H,25,27)/t19-/m0/s1.